The molecular weight excluding hydrogens is 278 g/mol. The Morgan fingerprint density at radius 2 is 2.15 bits per heavy atom. The van der Waals surface area contributed by atoms with Crippen LogP contribution in [0.4, 0.5) is 0 Å². The van der Waals surface area contributed by atoms with E-state index < -0.39 is 11.9 Å². The normalized spacial score (nSPS) is 23.8. The van der Waals surface area contributed by atoms with Crippen molar-refractivity contribution < 1.29 is 14.7 Å². The number of carbonyl (C=O) groups excluding carboxylic acids is 1. The summed E-state index contributed by atoms with van der Waals surface area (Å²) in [5, 5.41) is 9.95. The van der Waals surface area contributed by atoms with E-state index in [1.54, 1.807) is 0 Å². The van der Waals surface area contributed by atoms with Gasteiger partial charge in [0.15, 0.2) is 0 Å². The van der Waals surface area contributed by atoms with E-state index in [1.165, 1.54) is 0 Å². The molecule has 2 unspecified atom stereocenters. The minimum absolute atomic E-state index is 0.167. The Morgan fingerprint density at radius 1 is 1.45 bits per heavy atom. The van der Waals surface area contributed by atoms with Gasteiger partial charge in [-0.05, 0) is 18.1 Å². The van der Waals surface area contributed by atoms with Crippen molar-refractivity contribution in [2.24, 2.45) is 5.92 Å². The highest BCUT2D eigenvalue weighted by molar-refractivity contribution is 6.31. The summed E-state index contributed by atoms with van der Waals surface area (Å²) in [6.45, 7) is 3.08. The molecule has 0 saturated carbocycles. The first-order valence-electron chi connectivity index (χ1n) is 6.77. The molecule has 0 bridgehead atoms. The SMILES string of the molecule is CCC1C(C(=O)O)C(=O)CCN1Cc1ccccc1Cl. The zero-order valence-electron chi connectivity index (χ0n) is 11.4. The number of hydrogen-bond donors (Lipinski definition) is 1. The third-order valence-electron chi connectivity index (χ3n) is 3.86. The number of nitrogens with zero attached hydrogens (tertiary/aromatic N) is 1. The summed E-state index contributed by atoms with van der Waals surface area (Å²) in [4.78, 5) is 25.2. The highest BCUT2D eigenvalue weighted by Gasteiger charge is 2.40. The second kappa shape index (κ2) is 6.37. The highest BCUT2D eigenvalue weighted by atomic mass is 35.5. The number of likely N-dealkylation sites (tertiary alicyclic amines) is 1. The lowest BCUT2D eigenvalue weighted by molar-refractivity contribution is -0.152. The van der Waals surface area contributed by atoms with E-state index in [1.807, 2.05) is 31.2 Å². The van der Waals surface area contributed by atoms with Gasteiger partial charge in [0, 0.05) is 30.6 Å². The summed E-state index contributed by atoms with van der Waals surface area (Å²) in [6.07, 6.45) is 0.922. The Morgan fingerprint density at radius 3 is 2.75 bits per heavy atom. The summed E-state index contributed by atoms with van der Waals surface area (Å²) in [5.41, 5.74) is 0.964. The van der Waals surface area contributed by atoms with Crippen LogP contribution in [-0.2, 0) is 16.1 Å². The van der Waals surface area contributed by atoms with Crippen molar-refractivity contribution in [3.05, 3.63) is 34.9 Å². The van der Waals surface area contributed by atoms with Gasteiger partial charge in [0.2, 0.25) is 0 Å². The van der Waals surface area contributed by atoms with Crippen LogP contribution in [0.5, 0.6) is 0 Å². The predicted molar refractivity (Wildman–Crippen MR) is 76.7 cm³/mol. The van der Waals surface area contributed by atoms with Gasteiger partial charge in [0.05, 0.1) is 0 Å². The van der Waals surface area contributed by atoms with E-state index in [0.717, 1.165) is 5.56 Å². The first-order valence-corrected chi connectivity index (χ1v) is 7.15. The lowest BCUT2D eigenvalue weighted by Crippen LogP contribution is -2.51. The quantitative estimate of drug-likeness (QED) is 0.868. The lowest BCUT2D eigenvalue weighted by atomic mass is 9.86. The summed E-state index contributed by atoms with van der Waals surface area (Å²) < 4.78 is 0. The summed E-state index contributed by atoms with van der Waals surface area (Å²) in [5.74, 6) is -2.11. The smallest absolute Gasteiger partial charge is 0.315 e. The number of hydrogen-bond acceptors (Lipinski definition) is 3. The van der Waals surface area contributed by atoms with Crippen LogP contribution >= 0.6 is 11.6 Å². The molecule has 1 saturated heterocycles. The van der Waals surface area contributed by atoms with E-state index in [-0.39, 0.29) is 18.2 Å². The second-order valence-corrected chi connectivity index (χ2v) is 5.48. The summed E-state index contributed by atoms with van der Waals surface area (Å²) in [7, 11) is 0. The number of carboxylic acid groups (broad SMARTS) is 1. The number of halogens is 1. The van der Waals surface area contributed by atoms with Gasteiger partial charge in [0.1, 0.15) is 11.7 Å². The molecule has 1 aromatic carbocycles. The molecule has 4 nitrogen and oxygen atoms in total. The molecule has 0 aromatic heterocycles. The number of ketones is 1. The van der Waals surface area contributed by atoms with Gasteiger partial charge < -0.3 is 5.11 Å². The molecule has 0 radical (unpaired) electrons. The summed E-state index contributed by atoms with van der Waals surface area (Å²) >= 11 is 6.15. The van der Waals surface area contributed by atoms with Gasteiger partial charge in [-0.2, -0.15) is 0 Å². The summed E-state index contributed by atoms with van der Waals surface area (Å²) in [6, 6.07) is 7.27. The van der Waals surface area contributed by atoms with Crippen LogP contribution in [0, 0.1) is 5.92 Å². The lowest BCUT2D eigenvalue weighted by Gasteiger charge is -2.38. The van der Waals surface area contributed by atoms with E-state index in [0.29, 0.717) is 24.5 Å². The first kappa shape index (κ1) is 15.0. The Bertz CT molecular complexity index is 518. The van der Waals surface area contributed by atoms with Crippen LogP contribution in [-0.4, -0.2) is 34.3 Å². The molecule has 5 heteroatoms. The fourth-order valence-electron chi connectivity index (χ4n) is 2.84. The molecule has 20 heavy (non-hydrogen) atoms. The fourth-order valence-corrected chi connectivity index (χ4v) is 3.03. The molecular formula is C15H18ClNO3. The van der Waals surface area contributed by atoms with Crippen molar-refractivity contribution in [1.29, 1.82) is 0 Å². The highest BCUT2D eigenvalue weighted by Crippen LogP contribution is 2.27. The van der Waals surface area contributed by atoms with E-state index in [2.05, 4.69) is 4.90 Å². The molecule has 1 heterocycles. The van der Waals surface area contributed by atoms with E-state index in [9.17, 15) is 14.7 Å². The van der Waals surface area contributed by atoms with Crippen molar-refractivity contribution in [3.8, 4) is 0 Å². The minimum atomic E-state index is -1.02. The third-order valence-corrected chi connectivity index (χ3v) is 4.23. The number of benzene rings is 1. The molecule has 1 aliphatic heterocycles. The third kappa shape index (κ3) is 3.02. The second-order valence-electron chi connectivity index (χ2n) is 5.07. The number of carbonyl (C=O) groups is 2. The molecule has 0 amide bonds. The molecule has 1 aromatic rings. The van der Waals surface area contributed by atoms with E-state index in [4.69, 9.17) is 11.6 Å². The Hall–Kier alpha value is -1.39. The number of rotatable bonds is 4. The average molecular weight is 296 g/mol. The van der Waals surface area contributed by atoms with Crippen molar-refractivity contribution in [2.75, 3.05) is 6.54 Å². The van der Waals surface area contributed by atoms with Crippen molar-refractivity contribution in [1.82, 2.24) is 4.90 Å². The van der Waals surface area contributed by atoms with Crippen molar-refractivity contribution in [3.63, 3.8) is 0 Å². The Kier molecular flexibility index (Phi) is 4.78. The Labute approximate surface area is 123 Å². The first-order chi connectivity index (χ1) is 9.54. The molecule has 2 rings (SSSR count). The van der Waals surface area contributed by atoms with Crippen molar-refractivity contribution >= 4 is 23.4 Å². The number of aliphatic carboxylic acids is 1. The van der Waals surface area contributed by atoms with Crippen LogP contribution < -0.4 is 0 Å². The van der Waals surface area contributed by atoms with Crippen molar-refractivity contribution in [2.45, 2.75) is 32.4 Å². The topological polar surface area (TPSA) is 57.6 Å². The maximum absolute atomic E-state index is 11.8. The molecule has 1 fully saturated rings. The molecule has 108 valence electrons. The number of carboxylic acids is 1. The van der Waals surface area contributed by atoms with Crippen LogP contribution in [0.15, 0.2) is 24.3 Å². The Balaban J connectivity index is 2.21. The molecule has 1 aliphatic rings. The zero-order valence-corrected chi connectivity index (χ0v) is 12.1. The van der Waals surface area contributed by atoms with Crippen LogP contribution in [0.25, 0.3) is 0 Å². The number of Topliss-reactive ketones (excluding diaryl/α,β-unsaturated/α-hetero) is 1. The largest absolute Gasteiger partial charge is 0.481 e. The fraction of sp³-hybridized carbons (Fsp3) is 0.467. The molecule has 0 aliphatic carbocycles. The standard InChI is InChI=1S/C15H18ClNO3/c1-2-12-14(15(19)20)13(18)7-8-17(12)9-10-5-3-4-6-11(10)16/h3-6,12,14H,2,7-9H2,1H3,(H,19,20). The molecule has 2 atom stereocenters. The predicted octanol–water partition coefficient (Wildman–Crippen LogP) is 2.59. The van der Waals surface area contributed by atoms with Gasteiger partial charge in [-0.15, -0.1) is 0 Å². The molecule has 0 spiro atoms. The number of piperidine rings is 1. The van der Waals surface area contributed by atoms with Gasteiger partial charge in [-0.3, -0.25) is 14.5 Å². The van der Waals surface area contributed by atoms with Gasteiger partial charge >= 0.3 is 5.97 Å². The monoisotopic (exact) mass is 295 g/mol. The average Bonchev–Trinajstić information content (AvgIpc) is 2.42. The minimum Gasteiger partial charge on any atom is -0.481 e. The van der Waals surface area contributed by atoms with Crippen LogP contribution in [0.1, 0.15) is 25.3 Å². The van der Waals surface area contributed by atoms with E-state index >= 15 is 0 Å². The van der Waals surface area contributed by atoms with Crippen LogP contribution in [0.3, 0.4) is 0 Å². The van der Waals surface area contributed by atoms with Gasteiger partial charge in [-0.25, -0.2) is 0 Å². The van der Waals surface area contributed by atoms with Gasteiger partial charge in [0.25, 0.3) is 0 Å². The molecule has 1 N–H and O–H groups in total. The zero-order chi connectivity index (χ0) is 14.7. The van der Waals surface area contributed by atoms with Crippen LogP contribution in [0.2, 0.25) is 5.02 Å². The maximum atomic E-state index is 11.8. The van der Waals surface area contributed by atoms with Gasteiger partial charge in [-0.1, -0.05) is 36.7 Å². The maximum Gasteiger partial charge on any atom is 0.315 e.